The Hall–Kier alpha value is -2.69. The number of rotatable bonds is 3. The Morgan fingerprint density at radius 2 is 1.83 bits per heavy atom. The highest BCUT2D eigenvalue weighted by Crippen LogP contribution is 2.16. The van der Waals surface area contributed by atoms with E-state index in [1.54, 1.807) is 29.3 Å². The zero-order valence-electron chi connectivity index (χ0n) is 9.56. The summed E-state index contributed by atoms with van der Waals surface area (Å²) in [6.45, 7) is 0. The molecule has 0 radical (unpaired) electrons. The largest absolute Gasteiger partial charge is 0.324 e. The Kier molecular flexibility index (Phi) is 2.71. The predicted molar refractivity (Wildman–Crippen MR) is 68.9 cm³/mol. The quantitative estimate of drug-likeness (QED) is 0.760. The molecule has 5 heteroatoms. The highest BCUT2D eigenvalue weighted by Gasteiger charge is 1.99. The lowest BCUT2D eigenvalue weighted by molar-refractivity contribution is 0.881. The van der Waals surface area contributed by atoms with Gasteiger partial charge in [0.05, 0.1) is 5.69 Å². The van der Waals surface area contributed by atoms with Gasteiger partial charge in [0.2, 0.25) is 5.95 Å². The topological polar surface area (TPSA) is 55.6 Å². The monoisotopic (exact) mass is 237 g/mol. The molecule has 0 atom stereocenters. The lowest BCUT2D eigenvalue weighted by Gasteiger charge is -2.06. The van der Waals surface area contributed by atoms with Gasteiger partial charge >= 0.3 is 0 Å². The Bertz CT molecular complexity index is 619. The summed E-state index contributed by atoms with van der Waals surface area (Å²) in [4.78, 5) is 8.24. The molecule has 0 unspecified atom stereocenters. The Morgan fingerprint density at radius 1 is 0.944 bits per heavy atom. The van der Waals surface area contributed by atoms with E-state index in [0.29, 0.717) is 5.95 Å². The summed E-state index contributed by atoms with van der Waals surface area (Å²) in [5, 5.41) is 7.34. The highest BCUT2D eigenvalue weighted by molar-refractivity contribution is 5.57. The highest BCUT2D eigenvalue weighted by atomic mass is 15.3. The average Bonchev–Trinajstić information content (AvgIpc) is 2.94. The van der Waals surface area contributed by atoms with E-state index >= 15 is 0 Å². The van der Waals surface area contributed by atoms with Gasteiger partial charge in [-0.05, 0) is 30.3 Å². The van der Waals surface area contributed by atoms with Crippen molar-refractivity contribution in [2.45, 2.75) is 0 Å². The third-order valence-corrected chi connectivity index (χ3v) is 2.44. The molecule has 0 amide bonds. The number of nitrogens with one attached hydrogen (secondary N) is 1. The number of benzene rings is 1. The van der Waals surface area contributed by atoms with Crippen LogP contribution in [0.3, 0.4) is 0 Å². The first-order valence-electron chi connectivity index (χ1n) is 5.56. The molecule has 88 valence electrons. The number of aromatic nitrogens is 4. The smallest absolute Gasteiger partial charge is 0.227 e. The first kappa shape index (κ1) is 10.5. The van der Waals surface area contributed by atoms with Gasteiger partial charge in [0.1, 0.15) is 0 Å². The fraction of sp³-hybridized carbons (Fsp3) is 0. The maximum atomic E-state index is 4.19. The second kappa shape index (κ2) is 4.67. The van der Waals surface area contributed by atoms with Crippen molar-refractivity contribution in [3.63, 3.8) is 0 Å². The van der Waals surface area contributed by atoms with Gasteiger partial charge in [0.15, 0.2) is 0 Å². The molecule has 0 aliphatic heterocycles. The second-order valence-corrected chi connectivity index (χ2v) is 3.70. The van der Waals surface area contributed by atoms with Crippen molar-refractivity contribution in [2.24, 2.45) is 0 Å². The van der Waals surface area contributed by atoms with E-state index in [9.17, 15) is 0 Å². The first-order chi connectivity index (χ1) is 8.92. The van der Waals surface area contributed by atoms with Crippen LogP contribution in [-0.2, 0) is 0 Å². The van der Waals surface area contributed by atoms with Gasteiger partial charge < -0.3 is 5.32 Å². The van der Waals surface area contributed by atoms with Gasteiger partial charge in [0.25, 0.3) is 0 Å². The summed E-state index contributed by atoms with van der Waals surface area (Å²) in [5.74, 6) is 0.579. The van der Waals surface area contributed by atoms with Crippen LogP contribution < -0.4 is 5.32 Å². The summed E-state index contributed by atoms with van der Waals surface area (Å²) in [6.07, 6.45) is 7.05. The molecular formula is C13H11N5. The third kappa shape index (κ3) is 2.20. The minimum Gasteiger partial charge on any atom is -0.324 e. The van der Waals surface area contributed by atoms with Crippen LogP contribution in [-0.4, -0.2) is 19.7 Å². The Morgan fingerprint density at radius 3 is 2.61 bits per heavy atom. The normalized spacial score (nSPS) is 10.2. The number of hydrogen-bond acceptors (Lipinski definition) is 4. The van der Waals surface area contributed by atoms with Gasteiger partial charge in [-0.25, -0.2) is 14.6 Å². The van der Waals surface area contributed by atoms with Gasteiger partial charge in [-0.15, -0.1) is 0 Å². The summed E-state index contributed by atoms with van der Waals surface area (Å²) in [5.41, 5.74) is 1.91. The summed E-state index contributed by atoms with van der Waals surface area (Å²) < 4.78 is 1.80. The summed E-state index contributed by atoms with van der Waals surface area (Å²) in [6, 6.07) is 11.6. The molecule has 1 N–H and O–H groups in total. The van der Waals surface area contributed by atoms with Gasteiger partial charge in [-0.3, -0.25) is 0 Å². The molecule has 0 spiro atoms. The van der Waals surface area contributed by atoms with Crippen molar-refractivity contribution in [3.8, 4) is 5.69 Å². The molecule has 5 nitrogen and oxygen atoms in total. The molecule has 3 aromatic rings. The SMILES string of the molecule is c1cnc(Nc2cccc(-n3cccn3)c2)nc1. The third-order valence-electron chi connectivity index (χ3n) is 2.44. The second-order valence-electron chi connectivity index (χ2n) is 3.70. The average molecular weight is 237 g/mol. The lowest BCUT2D eigenvalue weighted by Crippen LogP contribution is -1.98. The molecule has 2 aromatic heterocycles. The zero-order chi connectivity index (χ0) is 12.2. The molecule has 0 aliphatic rings. The van der Waals surface area contributed by atoms with Crippen LogP contribution in [0.4, 0.5) is 11.6 Å². The first-order valence-corrected chi connectivity index (χ1v) is 5.56. The van der Waals surface area contributed by atoms with Crippen molar-refractivity contribution in [1.82, 2.24) is 19.7 Å². The molecule has 0 bridgehead atoms. The van der Waals surface area contributed by atoms with E-state index in [1.807, 2.05) is 36.5 Å². The van der Waals surface area contributed by atoms with Gasteiger partial charge in [-0.2, -0.15) is 5.10 Å². The van der Waals surface area contributed by atoms with Crippen LogP contribution >= 0.6 is 0 Å². The van der Waals surface area contributed by atoms with Crippen molar-refractivity contribution in [1.29, 1.82) is 0 Å². The maximum absolute atomic E-state index is 4.19. The van der Waals surface area contributed by atoms with E-state index in [4.69, 9.17) is 0 Å². The van der Waals surface area contributed by atoms with Crippen molar-refractivity contribution >= 4 is 11.6 Å². The fourth-order valence-corrected chi connectivity index (χ4v) is 1.64. The predicted octanol–water partition coefficient (Wildman–Crippen LogP) is 2.41. The molecule has 2 heterocycles. The number of nitrogens with zero attached hydrogens (tertiary/aromatic N) is 4. The minimum absolute atomic E-state index is 0.579. The maximum Gasteiger partial charge on any atom is 0.227 e. The summed E-state index contributed by atoms with van der Waals surface area (Å²) >= 11 is 0. The van der Waals surface area contributed by atoms with Crippen molar-refractivity contribution in [2.75, 3.05) is 5.32 Å². The standard InChI is InChI=1S/C13H11N5/c1-4-11(17-13-14-6-2-7-15-13)10-12(5-1)18-9-3-8-16-18/h1-10H,(H,14,15,17). The minimum atomic E-state index is 0.579. The molecule has 1 aromatic carbocycles. The lowest BCUT2D eigenvalue weighted by atomic mass is 10.3. The molecule has 3 rings (SSSR count). The molecular weight excluding hydrogens is 226 g/mol. The Balaban J connectivity index is 1.88. The van der Waals surface area contributed by atoms with Crippen LogP contribution in [0.25, 0.3) is 5.69 Å². The number of anilines is 2. The van der Waals surface area contributed by atoms with E-state index < -0.39 is 0 Å². The van der Waals surface area contributed by atoms with Gasteiger partial charge in [-0.1, -0.05) is 6.07 Å². The fourth-order valence-electron chi connectivity index (χ4n) is 1.64. The van der Waals surface area contributed by atoms with E-state index in [1.165, 1.54) is 0 Å². The van der Waals surface area contributed by atoms with Crippen LogP contribution in [0.15, 0.2) is 61.2 Å². The van der Waals surface area contributed by atoms with Crippen LogP contribution in [0.5, 0.6) is 0 Å². The van der Waals surface area contributed by atoms with Crippen LogP contribution in [0.1, 0.15) is 0 Å². The van der Waals surface area contributed by atoms with E-state index in [-0.39, 0.29) is 0 Å². The van der Waals surface area contributed by atoms with Crippen molar-refractivity contribution < 1.29 is 0 Å². The van der Waals surface area contributed by atoms with E-state index in [0.717, 1.165) is 11.4 Å². The Labute approximate surface area is 104 Å². The number of hydrogen-bond donors (Lipinski definition) is 1. The summed E-state index contributed by atoms with van der Waals surface area (Å²) in [7, 11) is 0. The van der Waals surface area contributed by atoms with Crippen LogP contribution in [0.2, 0.25) is 0 Å². The molecule has 18 heavy (non-hydrogen) atoms. The molecule has 0 aliphatic carbocycles. The zero-order valence-corrected chi connectivity index (χ0v) is 9.56. The van der Waals surface area contributed by atoms with Crippen LogP contribution in [0, 0.1) is 0 Å². The van der Waals surface area contributed by atoms with Gasteiger partial charge in [0, 0.05) is 30.5 Å². The molecule has 0 fully saturated rings. The van der Waals surface area contributed by atoms with E-state index in [2.05, 4.69) is 20.4 Å². The van der Waals surface area contributed by atoms with Crippen molar-refractivity contribution in [3.05, 3.63) is 61.2 Å². The molecule has 0 saturated heterocycles. The molecule has 0 saturated carbocycles.